The molecule has 0 spiro atoms. The average Bonchev–Trinajstić information content (AvgIpc) is 2.96. The minimum absolute atomic E-state index is 0.158. The third kappa shape index (κ3) is 3.82. The fraction of sp³-hybridized carbons (Fsp3) is 0.429. The van der Waals surface area contributed by atoms with Crippen LogP contribution in [0.3, 0.4) is 0 Å². The highest BCUT2D eigenvalue weighted by Gasteiger charge is 2.11. The summed E-state index contributed by atoms with van der Waals surface area (Å²) in [5.74, 6) is 1.04. The minimum Gasteiger partial charge on any atom is -0.338 e. The minimum atomic E-state index is -0.158. The van der Waals surface area contributed by atoms with Gasteiger partial charge in [0.05, 0.1) is 11.0 Å². The van der Waals surface area contributed by atoms with Gasteiger partial charge in [-0.05, 0) is 43.4 Å². The Balaban J connectivity index is 1.92. The highest BCUT2D eigenvalue weighted by Crippen LogP contribution is 2.28. The molecule has 5 heteroatoms. The van der Waals surface area contributed by atoms with E-state index in [1.165, 1.54) is 0 Å². The Hall–Kier alpha value is -2.56. The zero-order chi connectivity index (χ0) is 18.5. The molecule has 0 atom stereocenters. The van der Waals surface area contributed by atoms with Crippen LogP contribution in [0.1, 0.15) is 45.4 Å². The van der Waals surface area contributed by atoms with Gasteiger partial charge in [0.15, 0.2) is 0 Å². The average molecular weight is 352 g/mol. The zero-order valence-corrected chi connectivity index (χ0v) is 15.9. The van der Waals surface area contributed by atoms with Gasteiger partial charge in [0, 0.05) is 24.2 Å². The highest BCUT2D eigenvalue weighted by molar-refractivity contribution is 6.06. The van der Waals surface area contributed by atoms with E-state index in [0.29, 0.717) is 6.54 Å². The number of hydrogen-bond acceptors (Lipinski definition) is 2. The lowest BCUT2D eigenvalue weighted by Gasteiger charge is -2.09. The zero-order valence-electron chi connectivity index (χ0n) is 15.9. The second-order valence-corrected chi connectivity index (χ2v) is 6.77. The van der Waals surface area contributed by atoms with Crippen LogP contribution in [-0.2, 0) is 6.54 Å². The Morgan fingerprint density at radius 2 is 1.88 bits per heavy atom. The van der Waals surface area contributed by atoms with Crippen molar-refractivity contribution < 1.29 is 4.79 Å². The number of aryl methyl sites for hydroxylation is 2. The molecule has 0 aliphatic carbocycles. The Labute approximate surface area is 154 Å². The van der Waals surface area contributed by atoms with Crippen molar-refractivity contribution >= 4 is 33.5 Å². The van der Waals surface area contributed by atoms with Crippen LogP contribution in [-0.4, -0.2) is 22.1 Å². The van der Waals surface area contributed by atoms with E-state index < -0.39 is 0 Å². The van der Waals surface area contributed by atoms with Gasteiger partial charge < -0.3 is 15.2 Å². The number of hydrogen-bond donors (Lipinski definition) is 2. The molecule has 3 rings (SSSR count). The first kappa shape index (κ1) is 18.2. The van der Waals surface area contributed by atoms with Gasteiger partial charge in [0.2, 0.25) is 0 Å². The van der Waals surface area contributed by atoms with Gasteiger partial charge in [-0.15, -0.1) is 0 Å². The van der Waals surface area contributed by atoms with Crippen molar-refractivity contribution in [2.45, 2.75) is 53.0 Å². The molecule has 0 saturated heterocycles. The number of fused-ring (bicyclic) bond motifs is 3. The fourth-order valence-corrected chi connectivity index (χ4v) is 3.25. The monoisotopic (exact) mass is 352 g/mol. The van der Waals surface area contributed by atoms with Gasteiger partial charge in [-0.25, -0.2) is 9.78 Å². The summed E-state index contributed by atoms with van der Waals surface area (Å²) in [4.78, 5) is 16.8. The summed E-state index contributed by atoms with van der Waals surface area (Å²) in [6, 6.07) is 10.1. The van der Waals surface area contributed by atoms with Crippen LogP contribution in [0.2, 0.25) is 0 Å². The number of carbonyl (C=O) groups is 1. The number of unbranched alkanes of at least 4 members (excludes halogenated alkanes) is 2. The molecule has 0 aliphatic rings. The highest BCUT2D eigenvalue weighted by atomic mass is 16.2. The predicted molar refractivity (Wildman–Crippen MR) is 109 cm³/mol. The van der Waals surface area contributed by atoms with Crippen LogP contribution >= 0.6 is 0 Å². The second kappa shape index (κ2) is 8.21. The lowest BCUT2D eigenvalue weighted by Crippen LogP contribution is -2.29. The van der Waals surface area contributed by atoms with Gasteiger partial charge in [0.1, 0.15) is 5.82 Å². The van der Waals surface area contributed by atoms with E-state index in [-0.39, 0.29) is 6.03 Å². The Morgan fingerprint density at radius 3 is 2.65 bits per heavy atom. The molecule has 2 aromatic carbocycles. The van der Waals surface area contributed by atoms with Crippen molar-refractivity contribution in [3.63, 3.8) is 0 Å². The van der Waals surface area contributed by atoms with E-state index >= 15 is 0 Å². The fourth-order valence-electron chi connectivity index (χ4n) is 3.25. The molecular formula is C21H28N4O. The normalized spacial score (nSPS) is 11.2. The molecule has 0 bridgehead atoms. The van der Waals surface area contributed by atoms with Crippen LogP contribution < -0.4 is 10.6 Å². The van der Waals surface area contributed by atoms with Gasteiger partial charge in [0.25, 0.3) is 0 Å². The van der Waals surface area contributed by atoms with Crippen LogP contribution in [0.15, 0.2) is 30.3 Å². The number of amides is 2. The maximum atomic E-state index is 12.0. The standard InChI is InChI=1S/C21H28N4O/c1-4-6-12-22-21(26)24-17-10-8-16-9-11-19-20(18(16)14-17)23-15(3)25(19)13-7-5-2/h8-11,14H,4-7,12-13H2,1-3H3,(H2,22,24,26). The van der Waals surface area contributed by atoms with Gasteiger partial charge in [-0.3, -0.25) is 0 Å². The molecule has 3 aromatic rings. The maximum Gasteiger partial charge on any atom is 0.319 e. The smallest absolute Gasteiger partial charge is 0.319 e. The van der Waals surface area contributed by atoms with Crippen LogP contribution in [0.25, 0.3) is 21.8 Å². The lowest BCUT2D eigenvalue weighted by molar-refractivity contribution is 0.252. The maximum absolute atomic E-state index is 12.0. The molecule has 26 heavy (non-hydrogen) atoms. The van der Waals surface area contributed by atoms with Crippen molar-refractivity contribution in [1.29, 1.82) is 0 Å². The van der Waals surface area contributed by atoms with Gasteiger partial charge >= 0.3 is 6.03 Å². The SMILES string of the molecule is CCCCNC(=O)Nc1ccc2ccc3c(nc(C)n3CCCC)c2c1. The molecule has 0 saturated carbocycles. The molecule has 1 heterocycles. The number of anilines is 1. The summed E-state index contributed by atoms with van der Waals surface area (Å²) in [6.45, 7) is 8.05. The second-order valence-electron chi connectivity index (χ2n) is 6.77. The third-order valence-corrected chi connectivity index (χ3v) is 4.74. The number of carbonyl (C=O) groups excluding carboxylic acids is 1. The topological polar surface area (TPSA) is 59.0 Å². The Morgan fingerprint density at radius 1 is 1.12 bits per heavy atom. The summed E-state index contributed by atoms with van der Waals surface area (Å²) in [5, 5.41) is 8.02. The van der Waals surface area contributed by atoms with Crippen LogP contribution in [0.5, 0.6) is 0 Å². The summed E-state index contributed by atoms with van der Waals surface area (Å²) in [6.07, 6.45) is 4.35. The van der Waals surface area contributed by atoms with E-state index in [9.17, 15) is 4.79 Å². The molecule has 2 N–H and O–H groups in total. The van der Waals surface area contributed by atoms with E-state index in [1.54, 1.807) is 0 Å². The Kier molecular flexibility index (Phi) is 5.76. The van der Waals surface area contributed by atoms with Gasteiger partial charge in [-0.1, -0.05) is 38.8 Å². The summed E-state index contributed by atoms with van der Waals surface area (Å²) in [5.41, 5.74) is 2.96. The Bertz CT molecular complexity index is 913. The number of benzene rings is 2. The van der Waals surface area contributed by atoms with Gasteiger partial charge in [-0.2, -0.15) is 0 Å². The predicted octanol–water partition coefficient (Wildman–Crippen LogP) is 5.22. The first-order valence-corrected chi connectivity index (χ1v) is 9.58. The lowest BCUT2D eigenvalue weighted by atomic mass is 10.1. The van der Waals surface area contributed by atoms with Crippen molar-refractivity contribution in [3.8, 4) is 0 Å². The quantitative estimate of drug-likeness (QED) is 0.573. The number of rotatable bonds is 7. The van der Waals surface area contributed by atoms with Crippen molar-refractivity contribution in [1.82, 2.24) is 14.9 Å². The largest absolute Gasteiger partial charge is 0.338 e. The third-order valence-electron chi connectivity index (χ3n) is 4.74. The molecule has 5 nitrogen and oxygen atoms in total. The van der Waals surface area contributed by atoms with Crippen molar-refractivity contribution in [2.24, 2.45) is 0 Å². The van der Waals surface area contributed by atoms with E-state index in [4.69, 9.17) is 4.98 Å². The summed E-state index contributed by atoms with van der Waals surface area (Å²) in [7, 11) is 0. The number of nitrogens with zero attached hydrogens (tertiary/aromatic N) is 2. The van der Waals surface area contributed by atoms with Crippen LogP contribution in [0, 0.1) is 6.92 Å². The molecule has 0 unspecified atom stereocenters. The molecular weight excluding hydrogens is 324 g/mol. The number of aromatic nitrogens is 2. The molecule has 0 radical (unpaired) electrons. The van der Waals surface area contributed by atoms with Crippen molar-refractivity contribution in [2.75, 3.05) is 11.9 Å². The molecule has 138 valence electrons. The first-order valence-electron chi connectivity index (χ1n) is 9.58. The van der Waals surface area contributed by atoms with E-state index in [0.717, 1.165) is 65.5 Å². The summed E-state index contributed by atoms with van der Waals surface area (Å²) < 4.78 is 2.29. The molecule has 1 aromatic heterocycles. The number of nitrogens with one attached hydrogen (secondary N) is 2. The molecule has 2 amide bonds. The molecule has 0 fully saturated rings. The van der Waals surface area contributed by atoms with E-state index in [2.05, 4.69) is 48.1 Å². The van der Waals surface area contributed by atoms with Crippen LogP contribution in [0.4, 0.5) is 10.5 Å². The molecule has 0 aliphatic heterocycles. The van der Waals surface area contributed by atoms with Crippen molar-refractivity contribution in [3.05, 3.63) is 36.2 Å². The number of urea groups is 1. The first-order chi connectivity index (χ1) is 12.6. The summed E-state index contributed by atoms with van der Waals surface area (Å²) >= 11 is 0. The van der Waals surface area contributed by atoms with E-state index in [1.807, 2.05) is 18.2 Å². The number of imidazole rings is 1.